The van der Waals surface area contributed by atoms with Crippen LogP contribution in [-0.2, 0) is 0 Å². The monoisotopic (exact) mass is 277 g/mol. The Kier molecular flexibility index (Phi) is 3.85. The first-order valence-electron chi connectivity index (χ1n) is 7.37. The number of aliphatic hydroxyl groups is 1. The van der Waals surface area contributed by atoms with Gasteiger partial charge in [-0.25, -0.2) is 0 Å². The molecule has 0 aromatic heterocycles. The SMILES string of the molecule is COc1cc(C)cc(O[C@@H]2C[C@@H]3CNC[C@@H]3C[C@H]2O)c1. The minimum absolute atomic E-state index is 0.109. The van der Waals surface area contributed by atoms with Crippen LogP contribution in [-0.4, -0.2) is 37.5 Å². The maximum absolute atomic E-state index is 10.3. The third kappa shape index (κ3) is 2.76. The molecule has 110 valence electrons. The normalized spacial score (nSPS) is 32.8. The Morgan fingerprint density at radius 3 is 2.55 bits per heavy atom. The van der Waals surface area contributed by atoms with E-state index in [2.05, 4.69) is 5.32 Å². The number of hydrogen-bond donors (Lipinski definition) is 2. The summed E-state index contributed by atoms with van der Waals surface area (Å²) in [6, 6.07) is 5.86. The zero-order valence-electron chi connectivity index (χ0n) is 12.1. The van der Waals surface area contributed by atoms with E-state index in [1.54, 1.807) is 7.11 Å². The second kappa shape index (κ2) is 5.62. The van der Waals surface area contributed by atoms with E-state index in [4.69, 9.17) is 9.47 Å². The molecule has 1 saturated heterocycles. The third-order valence-corrected chi connectivity index (χ3v) is 4.54. The second-order valence-corrected chi connectivity index (χ2v) is 6.06. The van der Waals surface area contributed by atoms with Gasteiger partial charge in [0.15, 0.2) is 0 Å². The molecule has 2 aliphatic rings. The van der Waals surface area contributed by atoms with Crippen LogP contribution in [0.15, 0.2) is 18.2 Å². The standard InChI is InChI=1S/C16H23NO3/c1-10-3-13(19-2)7-14(4-10)20-16-6-12-9-17-8-11(12)5-15(16)18/h3-4,7,11-12,15-18H,5-6,8-9H2,1-2H3/t11-,12+,15+,16+/m0/s1. The molecular formula is C16H23NO3. The van der Waals surface area contributed by atoms with Crippen molar-refractivity contribution in [3.63, 3.8) is 0 Å². The van der Waals surface area contributed by atoms with E-state index in [9.17, 15) is 5.11 Å². The summed E-state index contributed by atoms with van der Waals surface area (Å²) in [6.07, 6.45) is 1.28. The predicted octanol–water partition coefficient (Wildman–Crippen LogP) is 1.74. The molecule has 0 amide bonds. The van der Waals surface area contributed by atoms with Gasteiger partial charge in [-0.1, -0.05) is 0 Å². The van der Waals surface area contributed by atoms with Crippen molar-refractivity contribution in [3.05, 3.63) is 23.8 Å². The topological polar surface area (TPSA) is 50.7 Å². The Morgan fingerprint density at radius 1 is 1.10 bits per heavy atom. The van der Waals surface area contributed by atoms with Gasteiger partial charge in [0.25, 0.3) is 0 Å². The molecule has 20 heavy (non-hydrogen) atoms. The van der Waals surface area contributed by atoms with Gasteiger partial charge in [0.2, 0.25) is 0 Å². The zero-order chi connectivity index (χ0) is 14.1. The van der Waals surface area contributed by atoms with Crippen LogP contribution >= 0.6 is 0 Å². The molecular weight excluding hydrogens is 254 g/mol. The number of aryl methyl sites for hydroxylation is 1. The van der Waals surface area contributed by atoms with Gasteiger partial charge in [0.05, 0.1) is 13.2 Å². The number of hydrogen-bond acceptors (Lipinski definition) is 4. The van der Waals surface area contributed by atoms with Gasteiger partial charge in [-0.15, -0.1) is 0 Å². The molecule has 2 fully saturated rings. The molecule has 0 unspecified atom stereocenters. The number of ether oxygens (including phenoxy) is 2. The molecule has 2 N–H and O–H groups in total. The van der Waals surface area contributed by atoms with Crippen molar-refractivity contribution in [2.45, 2.75) is 32.0 Å². The van der Waals surface area contributed by atoms with Crippen LogP contribution in [0.25, 0.3) is 0 Å². The largest absolute Gasteiger partial charge is 0.497 e. The highest BCUT2D eigenvalue weighted by Crippen LogP contribution is 2.35. The number of benzene rings is 1. The van der Waals surface area contributed by atoms with Gasteiger partial charge in [0.1, 0.15) is 17.6 Å². The Labute approximate surface area is 120 Å². The van der Waals surface area contributed by atoms with Gasteiger partial charge >= 0.3 is 0 Å². The Bertz CT molecular complexity index is 477. The van der Waals surface area contributed by atoms with E-state index in [0.717, 1.165) is 43.0 Å². The highest BCUT2D eigenvalue weighted by molar-refractivity contribution is 5.38. The number of methoxy groups -OCH3 is 1. The van der Waals surface area contributed by atoms with Crippen molar-refractivity contribution in [1.82, 2.24) is 5.32 Å². The van der Waals surface area contributed by atoms with Crippen LogP contribution in [0.4, 0.5) is 0 Å². The van der Waals surface area contributed by atoms with Gasteiger partial charge < -0.3 is 19.9 Å². The first-order valence-corrected chi connectivity index (χ1v) is 7.37. The van der Waals surface area contributed by atoms with E-state index in [1.807, 2.05) is 25.1 Å². The summed E-state index contributed by atoms with van der Waals surface area (Å²) in [7, 11) is 1.66. The Hall–Kier alpha value is -1.26. The number of fused-ring (bicyclic) bond motifs is 1. The molecule has 4 heteroatoms. The lowest BCUT2D eigenvalue weighted by atomic mass is 9.78. The minimum atomic E-state index is -0.373. The number of nitrogens with one attached hydrogen (secondary N) is 1. The molecule has 1 aromatic rings. The molecule has 1 aromatic carbocycles. The van der Waals surface area contributed by atoms with Crippen molar-refractivity contribution in [2.24, 2.45) is 11.8 Å². The van der Waals surface area contributed by atoms with Crippen LogP contribution in [0.2, 0.25) is 0 Å². The van der Waals surface area contributed by atoms with Crippen LogP contribution in [0, 0.1) is 18.8 Å². The number of rotatable bonds is 3. The quantitative estimate of drug-likeness (QED) is 0.883. The van der Waals surface area contributed by atoms with E-state index >= 15 is 0 Å². The summed E-state index contributed by atoms with van der Waals surface area (Å²) in [5, 5.41) is 13.7. The molecule has 4 nitrogen and oxygen atoms in total. The first kappa shape index (κ1) is 13.7. The van der Waals surface area contributed by atoms with Gasteiger partial charge in [-0.2, -0.15) is 0 Å². The summed E-state index contributed by atoms with van der Waals surface area (Å²) >= 11 is 0. The Morgan fingerprint density at radius 2 is 1.80 bits per heavy atom. The van der Waals surface area contributed by atoms with Crippen molar-refractivity contribution in [2.75, 3.05) is 20.2 Å². The number of aliphatic hydroxyl groups excluding tert-OH is 1. The van der Waals surface area contributed by atoms with Crippen molar-refractivity contribution < 1.29 is 14.6 Å². The minimum Gasteiger partial charge on any atom is -0.497 e. The highest BCUT2D eigenvalue weighted by atomic mass is 16.5. The summed E-state index contributed by atoms with van der Waals surface area (Å²) in [5.74, 6) is 2.83. The molecule has 0 radical (unpaired) electrons. The van der Waals surface area contributed by atoms with Crippen molar-refractivity contribution in [3.8, 4) is 11.5 Å². The van der Waals surface area contributed by atoms with Crippen LogP contribution in [0.5, 0.6) is 11.5 Å². The van der Waals surface area contributed by atoms with Gasteiger partial charge in [-0.3, -0.25) is 0 Å². The predicted molar refractivity (Wildman–Crippen MR) is 77.2 cm³/mol. The maximum Gasteiger partial charge on any atom is 0.125 e. The van der Waals surface area contributed by atoms with Crippen LogP contribution in [0.3, 0.4) is 0 Å². The lowest BCUT2D eigenvalue weighted by Crippen LogP contribution is -2.42. The fraction of sp³-hybridized carbons (Fsp3) is 0.625. The first-order chi connectivity index (χ1) is 9.65. The average Bonchev–Trinajstić information content (AvgIpc) is 2.85. The Balaban J connectivity index is 1.72. The third-order valence-electron chi connectivity index (χ3n) is 4.54. The van der Waals surface area contributed by atoms with E-state index in [-0.39, 0.29) is 12.2 Å². The molecule has 1 heterocycles. The molecule has 3 rings (SSSR count). The highest BCUT2D eigenvalue weighted by Gasteiger charge is 2.39. The van der Waals surface area contributed by atoms with E-state index in [1.165, 1.54) is 0 Å². The summed E-state index contributed by atoms with van der Waals surface area (Å²) in [4.78, 5) is 0. The lowest BCUT2D eigenvalue weighted by Gasteiger charge is -2.35. The fourth-order valence-electron chi connectivity index (χ4n) is 3.46. The molecule has 1 aliphatic carbocycles. The van der Waals surface area contributed by atoms with Crippen LogP contribution in [0.1, 0.15) is 18.4 Å². The molecule has 4 atom stereocenters. The van der Waals surface area contributed by atoms with E-state index in [0.29, 0.717) is 11.8 Å². The lowest BCUT2D eigenvalue weighted by molar-refractivity contribution is -0.0232. The average molecular weight is 277 g/mol. The second-order valence-electron chi connectivity index (χ2n) is 6.06. The van der Waals surface area contributed by atoms with E-state index < -0.39 is 0 Å². The zero-order valence-corrected chi connectivity index (χ0v) is 12.1. The summed E-state index contributed by atoms with van der Waals surface area (Å²) in [6.45, 7) is 4.10. The van der Waals surface area contributed by atoms with Crippen LogP contribution < -0.4 is 14.8 Å². The molecule has 0 bridgehead atoms. The molecule has 1 aliphatic heterocycles. The van der Waals surface area contributed by atoms with Crippen molar-refractivity contribution >= 4 is 0 Å². The maximum atomic E-state index is 10.3. The van der Waals surface area contributed by atoms with Gasteiger partial charge in [0, 0.05) is 6.07 Å². The molecule has 1 saturated carbocycles. The fourth-order valence-corrected chi connectivity index (χ4v) is 3.46. The smallest absolute Gasteiger partial charge is 0.125 e. The van der Waals surface area contributed by atoms with Gasteiger partial charge in [-0.05, 0) is 62.4 Å². The molecule has 0 spiro atoms. The summed E-state index contributed by atoms with van der Waals surface area (Å²) in [5.41, 5.74) is 1.10. The summed E-state index contributed by atoms with van der Waals surface area (Å²) < 4.78 is 11.3. The van der Waals surface area contributed by atoms with Crippen molar-refractivity contribution in [1.29, 1.82) is 0 Å².